The highest BCUT2D eigenvalue weighted by molar-refractivity contribution is 5.68. The van der Waals surface area contributed by atoms with Crippen LogP contribution in [-0.2, 0) is 16.6 Å². The molecule has 1 heterocycles. The zero-order chi connectivity index (χ0) is 15.2. The lowest BCUT2D eigenvalue weighted by molar-refractivity contribution is -0.140. The molecule has 0 saturated carbocycles. The Morgan fingerprint density at radius 1 is 1.52 bits per heavy atom. The van der Waals surface area contributed by atoms with Gasteiger partial charge in [0.05, 0.1) is 13.5 Å². The number of piperidine rings is 1. The van der Waals surface area contributed by atoms with E-state index < -0.39 is 5.97 Å². The zero-order valence-corrected chi connectivity index (χ0v) is 12.9. The quantitative estimate of drug-likeness (QED) is 0.927. The Kier molecular flexibility index (Phi) is 3.44. The number of benzene rings is 1. The van der Waals surface area contributed by atoms with Gasteiger partial charge in [0.15, 0.2) is 0 Å². The molecule has 1 unspecified atom stereocenters. The molecule has 114 valence electrons. The summed E-state index contributed by atoms with van der Waals surface area (Å²) in [7, 11) is 3.80. The van der Waals surface area contributed by atoms with E-state index in [2.05, 4.69) is 31.0 Å². The number of nitrogens with zero attached hydrogens (tertiary/aromatic N) is 1. The fourth-order valence-corrected chi connectivity index (χ4v) is 4.29. The van der Waals surface area contributed by atoms with E-state index in [-0.39, 0.29) is 17.8 Å². The Labute approximate surface area is 125 Å². The van der Waals surface area contributed by atoms with Gasteiger partial charge in [-0.3, -0.25) is 4.79 Å². The highest BCUT2D eigenvalue weighted by Crippen LogP contribution is 2.50. The van der Waals surface area contributed by atoms with Gasteiger partial charge in [-0.2, -0.15) is 0 Å². The molecule has 1 aromatic carbocycles. The van der Waals surface area contributed by atoms with E-state index >= 15 is 0 Å². The summed E-state index contributed by atoms with van der Waals surface area (Å²) in [4.78, 5) is 13.7. The summed E-state index contributed by atoms with van der Waals surface area (Å²) in [5.74, 6) is 0.327. The minimum Gasteiger partial charge on any atom is -0.497 e. The van der Waals surface area contributed by atoms with Gasteiger partial charge >= 0.3 is 5.97 Å². The number of rotatable bonds is 3. The molecule has 1 aromatic rings. The number of fused-ring (bicyclic) bond motifs is 4. The first-order chi connectivity index (χ1) is 9.95. The molecular formula is C17H23NO3. The lowest BCUT2D eigenvalue weighted by Crippen LogP contribution is -2.58. The molecule has 4 heteroatoms. The Bertz CT molecular complexity index is 571. The number of carboxylic acids is 1. The van der Waals surface area contributed by atoms with E-state index in [0.717, 1.165) is 25.1 Å². The third-order valence-corrected chi connectivity index (χ3v) is 5.59. The van der Waals surface area contributed by atoms with Gasteiger partial charge in [-0.1, -0.05) is 13.0 Å². The standard InChI is InChI=1S/C17H23NO3/c1-17-6-7-18(2)15(14(17)10-16(19)20)8-11-4-5-12(21-3)9-13(11)17/h4-5,9,14-15H,6-8,10H2,1-3H3,(H,19,20)/t14-,15?,17-/m0/s1. The van der Waals surface area contributed by atoms with Crippen molar-refractivity contribution in [2.75, 3.05) is 20.7 Å². The number of ether oxygens (including phenoxy) is 1. The largest absolute Gasteiger partial charge is 0.497 e. The molecule has 2 aliphatic rings. The normalized spacial score (nSPS) is 31.6. The summed E-state index contributed by atoms with van der Waals surface area (Å²) in [6.45, 7) is 3.26. The number of likely N-dealkylation sites (N-methyl/N-ethyl adjacent to an activating group) is 1. The average Bonchev–Trinajstić information content (AvgIpc) is 2.45. The number of hydrogen-bond acceptors (Lipinski definition) is 3. The van der Waals surface area contributed by atoms with Crippen LogP contribution >= 0.6 is 0 Å². The second-order valence-electron chi connectivity index (χ2n) is 6.65. The SMILES string of the molecule is COc1ccc2c(c1)[C@]1(C)CCN(C)C(C2)[C@@H]1CC(=O)O. The molecule has 1 aliphatic heterocycles. The number of methoxy groups -OCH3 is 1. The predicted molar refractivity (Wildman–Crippen MR) is 80.8 cm³/mol. The van der Waals surface area contributed by atoms with Crippen molar-refractivity contribution < 1.29 is 14.6 Å². The summed E-state index contributed by atoms with van der Waals surface area (Å²) in [6, 6.07) is 6.59. The lowest BCUT2D eigenvalue weighted by atomic mass is 9.57. The molecule has 1 fully saturated rings. The molecule has 2 bridgehead atoms. The van der Waals surface area contributed by atoms with E-state index in [4.69, 9.17) is 4.74 Å². The molecule has 3 rings (SSSR count). The Morgan fingerprint density at radius 2 is 2.29 bits per heavy atom. The van der Waals surface area contributed by atoms with E-state index in [9.17, 15) is 9.90 Å². The van der Waals surface area contributed by atoms with Gasteiger partial charge in [0.25, 0.3) is 0 Å². The van der Waals surface area contributed by atoms with Crippen molar-refractivity contribution in [3.8, 4) is 5.75 Å². The van der Waals surface area contributed by atoms with Crippen LogP contribution in [0.5, 0.6) is 5.75 Å². The van der Waals surface area contributed by atoms with E-state index in [1.54, 1.807) is 7.11 Å². The molecule has 0 amide bonds. The minimum atomic E-state index is -0.696. The van der Waals surface area contributed by atoms with Crippen molar-refractivity contribution in [2.45, 2.75) is 37.6 Å². The molecule has 0 spiro atoms. The Hall–Kier alpha value is -1.55. The van der Waals surface area contributed by atoms with Gasteiger partial charge in [-0.25, -0.2) is 0 Å². The summed E-state index contributed by atoms with van der Waals surface area (Å²) in [5.41, 5.74) is 2.56. The highest BCUT2D eigenvalue weighted by atomic mass is 16.5. The first-order valence-corrected chi connectivity index (χ1v) is 7.55. The van der Waals surface area contributed by atoms with Crippen molar-refractivity contribution in [2.24, 2.45) is 5.92 Å². The number of carbonyl (C=O) groups is 1. The second-order valence-corrected chi connectivity index (χ2v) is 6.65. The molecule has 1 N–H and O–H groups in total. The lowest BCUT2D eigenvalue weighted by Gasteiger charge is -2.54. The van der Waals surface area contributed by atoms with Gasteiger partial charge in [-0.05, 0) is 61.0 Å². The second kappa shape index (κ2) is 5.02. The summed E-state index contributed by atoms with van der Waals surface area (Å²) < 4.78 is 5.37. The van der Waals surface area contributed by atoms with Gasteiger partial charge in [0.2, 0.25) is 0 Å². The summed E-state index contributed by atoms with van der Waals surface area (Å²) >= 11 is 0. The molecule has 4 nitrogen and oxygen atoms in total. The average molecular weight is 289 g/mol. The van der Waals surface area contributed by atoms with Gasteiger partial charge in [0.1, 0.15) is 5.75 Å². The van der Waals surface area contributed by atoms with Crippen LogP contribution in [0.3, 0.4) is 0 Å². The maximum atomic E-state index is 11.3. The van der Waals surface area contributed by atoms with Crippen LogP contribution in [0, 0.1) is 5.92 Å². The van der Waals surface area contributed by atoms with E-state index in [1.807, 2.05) is 6.07 Å². The van der Waals surface area contributed by atoms with Crippen molar-refractivity contribution in [1.82, 2.24) is 4.90 Å². The molecular weight excluding hydrogens is 266 g/mol. The minimum absolute atomic E-state index is 0.0717. The van der Waals surface area contributed by atoms with E-state index in [1.165, 1.54) is 11.1 Å². The van der Waals surface area contributed by atoms with Crippen molar-refractivity contribution >= 4 is 5.97 Å². The maximum Gasteiger partial charge on any atom is 0.303 e. The molecule has 0 radical (unpaired) electrons. The Balaban J connectivity index is 2.10. The van der Waals surface area contributed by atoms with Crippen LogP contribution in [-0.4, -0.2) is 42.7 Å². The fourth-order valence-electron chi connectivity index (χ4n) is 4.29. The third kappa shape index (κ3) is 2.22. The van der Waals surface area contributed by atoms with Gasteiger partial charge in [0, 0.05) is 6.04 Å². The maximum absolute atomic E-state index is 11.3. The Morgan fingerprint density at radius 3 is 2.95 bits per heavy atom. The number of likely N-dealkylation sites (tertiary alicyclic amines) is 1. The molecule has 1 saturated heterocycles. The van der Waals surface area contributed by atoms with Crippen molar-refractivity contribution in [3.05, 3.63) is 29.3 Å². The van der Waals surface area contributed by atoms with Crippen LogP contribution in [0.1, 0.15) is 30.9 Å². The van der Waals surface area contributed by atoms with Crippen LogP contribution in [0.4, 0.5) is 0 Å². The fraction of sp³-hybridized carbons (Fsp3) is 0.588. The van der Waals surface area contributed by atoms with Crippen LogP contribution in [0.2, 0.25) is 0 Å². The smallest absolute Gasteiger partial charge is 0.303 e. The first-order valence-electron chi connectivity index (χ1n) is 7.55. The first kappa shape index (κ1) is 14.4. The summed E-state index contributed by atoms with van der Waals surface area (Å²) in [6.07, 6.45) is 2.17. The molecule has 21 heavy (non-hydrogen) atoms. The number of carboxylic acid groups (broad SMARTS) is 1. The predicted octanol–water partition coefficient (Wildman–Crippen LogP) is 2.30. The van der Waals surface area contributed by atoms with Gasteiger partial charge in [-0.15, -0.1) is 0 Å². The summed E-state index contributed by atoms with van der Waals surface area (Å²) in [5, 5.41) is 9.33. The number of hydrogen-bond donors (Lipinski definition) is 1. The van der Waals surface area contributed by atoms with Crippen molar-refractivity contribution in [1.29, 1.82) is 0 Å². The van der Waals surface area contributed by atoms with E-state index in [0.29, 0.717) is 6.04 Å². The molecule has 3 atom stereocenters. The van der Waals surface area contributed by atoms with Crippen LogP contribution in [0.15, 0.2) is 18.2 Å². The molecule has 0 aromatic heterocycles. The number of aliphatic carboxylic acids is 1. The van der Waals surface area contributed by atoms with Crippen LogP contribution in [0.25, 0.3) is 0 Å². The van der Waals surface area contributed by atoms with Crippen molar-refractivity contribution in [3.63, 3.8) is 0 Å². The van der Waals surface area contributed by atoms with Gasteiger partial charge < -0.3 is 14.7 Å². The highest BCUT2D eigenvalue weighted by Gasteiger charge is 2.50. The zero-order valence-electron chi connectivity index (χ0n) is 12.9. The molecule has 1 aliphatic carbocycles. The third-order valence-electron chi connectivity index (χ3n) is 5.59. The van der Waals surface area contributed by atoms with Crippen LogP contribution < -0.4 is 4.74 Å². The monoisotopic (exact) mass is 289 g/mol. The topological polar surface area (TPSA) is 49.8 Å².